The van der Waals surface area contributed by atoms with Crippen LogP contribution in [-0.2, 0) is 11.2 Å². The van der Waals surface area contributed by atoms with Gasteiger partial charge in [-0.05, 0) is 24.1 Å². The zero-order chi connectivity index (χ0) is 8.10. The van der Waals surface area contributed by atoms with E-state index in [1.807, 2.05) is 24.3 Å². The van der Waals surface area contributed by atoms with Crippen molar-refractivity contribution in [2.24, 2.45) is 0 Å². The van der Waals surface area contributed by atoms with Crippen LogP contribution >= 0.6 is 11.8 Å². The molecule has 0 atom stereocenters. The Labute approximate surface area is 70.8 Å². The lowest BCUT2D eigenvalue weighted by molar-refractivity contribution is 0.570. The van der Waals surface area contributed by atoms with Crippen LogP contribution < -0.4 is 0 Å². The average molecular weight is 166 g/mol. The lowest BCUT2D eigenvalue weighted by atomic mass is 10.2. The second-order valence-electron chi connectivity index (χ2n) is 2.21. The highest BCUT2D eigenvalue weighted by molar-refractivity contribution is 8.11. The third kappa shape index (κ3) is 2.39. The zero-order valence-electron chi connectivity index (χ0n) is 6.41. The first kappa shape index (κ1) is 8.34. The van der Waals surface area contributed by atoms with E-state index < -0.39 is 0 Å². The minimum atomic E-state index is 0.848. The molecule has 0 N–H and O–H groups in total. The van der Waals surface area contributed by atoms with Gasteiger partial charge in [0.05, 0.1) is 0 Å². The molecule has 0 aliphatic heterocycles. The monoisotopic (exact) mass is 166 g/mol. The van der Waals surface area contributed by atoms with Gasteiger partial charge < -0.3 is 0 Å². The molecule has 0 aliphatic carbocycles. The van der Waals surface area contributed by atoms with E-state index in [1.165, 1.54) is 17.3 Å². The third-order valence-corrected chi connectivity index (χ3v) is 2.16. The molecule has 0 aliphatic rings. The van der Waals surface area contributed by atoms with E-state index in [4.69, 9.17) is 0 Å². The molecule has 0 heterocycles. The summed E-state index contributed by atoms with van der Waals surface area (Å²) in [5, 5.41) is 0. The quantitative estimate of drug-likeness (QED) is 0.507. The van der Waals surface area contributed by atoms with Crippen molar-refractivity contribution in [2.75, 3.05) is 0 Å². The van der Waals surface area contributed by atoms with Crippen LogP contribution in [0.4, 0.5) is 0 Å². The summed E-state index contributed by atoms with van der Waals surface area (Å²) in [5.41, 5.74) is 2.15. The van der Waals surface area contributed by atoms with Gasteiger partial charge in [-0.25, -0.2) is 0 Å². The van der Waals surface area contributed by atoms with Crippen molar-refractivity contribution in [3.05, 3.63) is 29.8 Å². The molecule has 0 fully saturated rings. The maximum atomic E-state index is 10.1. The Balaban J connectivity index is 2.74. The summed E-state index contributed by atoms with van der Waals surface area (Å²) in [4.78, 5) is 11.1. The average Bonchev–Trinajstić information content (AvgIpc) is 2.07. The van der Waals surface area contributed by atoms with Crippen molar-refractivity contribution in [2.45, 2.75) is 18.2 Å². The second-order valence-corrected chi connectivity index (χ2v) is 3.11. The van der Waals surface area contributed by atoms with Gasteiger partial charge >= 0.3 is 0 Å². The van der Waals surface area contributed by atoms with Crippen LogP contribution in [0.25, 0.3) is 0 Å². The van der Waals surface area contributed by atoms with Crippen molar-refractivity contribution in [3.8, 4) is 0 Å². The number of hydrogen-bond acceptors (Lipinski definition) is 2. The van der Waals surface area contributed by atoms with Crippen LogP contribution in [0.5, 0.6) is 0 Å². The fourth-order valence-corrected chi connectivity index (χ4v) is 1.26. The summed E-state index contributed by atoms with van der Waals surface area (Å²) in [6.07, 6.45) is 1.05. The predicted molar refractivity (Wildman–Crippen MR) is 48.4 cm³/mol. The maximum absolute atomic E-state index is 10.1. The Hall–Kier alpha value is -0.760. The summed E-state index contributed by atoms with van der Waals surface area (Å²) in [6, 6.07) is 8.04. The van der Waals surface area contributed by atoms with E-state index in [2.05, 4.69) is 6.92 Å². The second kappa shape index (κ2) is 4.19. The summed E-state index contributed by atoms with van der Waals surface area (Å²) < 4.78 is 0. The van der Waals surface area contributed by atoms with E-state index >= 15 is 0 Å². The third-order valence-electron chi connectivity index (χ3n) is 1.52. The number of carbonyl (C=O) groups is 1. The van der Waals surface area contributed by atoms with Gasteiger partial charge in [0.1, 0.15) is 0 Å². The molecule has 0 unspecified atom stereocenters. The molecular weight excluding hydrogens is 156 g/mol. The van der Waals surface area contributed by atoms with E-state index in [9.17, 15) is 4.79 Å². The van der Waals surface area contributed by atoms with Crippen molar-refractivity contribution in [3.63, 3.8) is 0 Å². The number of rotatable bonds is 3. The van der Waals surface area contributed by atoms with Crippen LogP contribution in [0.15, 0.2) is 29.2 Å². The largest absolute Gasteiger partial charge is 0.291 e. The van der Waals surface area contributed by atoms with Crippen LogP contribution in [0.2, 0.25) is 0 Å². The van der Waals surface area contributed by atoms with Crippen LogP contribution in [0.3, 0.4) is 0 Å². The molecule has 1 nitrogen and oxygen atoms in total. The van der Waals surface area contributed by atoms with E-state index in [1.54, 1.807) is 0 Å². The summed E-state index contributed by atoms with van der Waals surface area (Å²) in [7, 11) is 0. The molecule has 11 heavy (non-hydrogen) atoms. The molecule has 1 rings (SSSR count). The first-order valence-electron chi connectivity index (χ1n) is 3.56. The van der Waals surface area contributed by atoms with E-state index in [-0.39, 0.29) is 0 Å². The Morgan fingerprint density at radius 2 is 2.00 bits per heavy atom. The van der Waals surface area contributed by atoms with E-state index in [0.717, 1.165) is 16.9 Å². The molecular formula is C9H10OS. The lowest BCUT2D eigenvalue weighted by Crippen LogP contribution is -1.78. The standard InChI is InChI=1S/C9H10OS/c1-2-8-3-5-9(6-4-8)11-7-10/h3-7H,2H2,1H3. The molecule has 0 spiro atoms. The van der Waals surface area contributed by atoms with Crippen molar-refractivity contribution < 1.29 is 4.79 Å². The molecule has 0 saturated carbocycles. The topological polar surface area (TPSA) is 17.1 Å². The highest BCUT2D eigenvalue weighted by Gasteiger charge is 1.91. The number of hydrogen-bond donors (Lipinski definition) is 0. The minimum absolute atomic E-state index is 0.848. The molecule has 58 valence electrons. The molecule has 2 heteroatoms. The summed E-state index contributed by atoms with van der Waals surface area (Å²) in [5.74, 6) is 0. The highest BCUT2D eigenvalue weighted by Crippen LogP contribution is 2.15. The molecule has 0 radical (unpaired) electrons. The molecule has 0 saturated heterocycles. The minimum Gasteiger partial charge on any atom is -0.291 e. The molecule has 1 aromatic carbocycles. The van der Waals surface area contributed by atoms with Crippen molar-refractivity contribution >= 4 is 17.4 Å². The Morgan fingerprint density at radius 1 is 1.36 bits per heavy atom. The molecule has 0 aromatic heterocycles. The fourth-order valence-electron chi connectivity index (χ4n) is 0.859. The van der Waals surface area contributed by atoms with Gasteiger partial charge in [0, 0.05) is 4.90 Å². The molecule has 0 amide bonds. The van der Waals surface area contributed by atoms with Gasteiger partial charge in [-0.15, -0.1) is 0 Å². The lowest BCUT2D eigenvalue weighted by Gasteiger charge is -1.96. The predicted octanol–water partition coefficient (Wildman–Crippen LogP) is 2.53. The smallest absolute Gasteiger partial charge is 0.180 e. The highest BCUT2D eigenvalue weighted by atomic mass is 32.2. The van der Waals surface area contributed by atoms with Crippen LogP contribution in [-0.4, -0.2) is 5.62 Å². The summed E-state index contributed by atoms with van der Waals surface area (Å²) in [6.45, 7) is 2.11. The van der Waals surface area contributed by atoms with Crippen molar-refractivity contribution in [1.29, 1.82) is 0 Å². The van der Waals surface area contributed by atoms with Crippen LogP contribution in [0.1, 0.15) is 12.5 Å². The molecule has 0 bridgehead atoms. The number of thioether (sulfide) groups is 1. The van der Waals surface area contributed by atoms with Gasteiger partial charge in [-0.3, -0.25) is 4.79 Å². The Morgan fingerprint density at radius 3 is 2.45 bits per heavy atom. The van der Waals surface area contributed by atoms with Crippen molar-refractivity contribution in [1.82, 2.24) is 0 Å². The van der Waals surface area contributed by atoms with Gasteiger partial charge in [-0.1, -0.05) is 30.8 Å². The Bertz CT molecular complexity index is 228. The SMILES string of the molecule is CCc1ccc(SC=O)cc1. The summed E-state index contributed by atoms with van der Waals surface area (Å²) >= 11 is 1.21. The van der Waals surface area contributed by atoms with Gasteiger partial charge in [-0.2, -0.15) is 0 Å². The van der Waals surface area contributed by atoms with Gasteiger partial charge in [0.25, 0.3) is 0 Å². The number of aryl methyl sites for hydroxylation is 1. The van der Waals surface area contributed by atoms with Gasteiger partial charge in [0.2, 0.25) is 0 Å². The van der Waals surface area contributed by atoms with Gasteiger partial charge in [0.15, 0.2) is 5.62 Å². The first-order valence-corrected chi connectivity index (χ1v) is 4.44. The van der Waals surface area contributed by atoms with Crippen LogP contribution in [0, 0.1) is 0 Å². The Kier molecular flexibility index (Phi) is 3.17. The normalized spacial score (nSPS) is 9.55. The number of benzene rings is 1. The number of carbonyl (C=O) groups excluding carboxylic acids is 1. The molecule has 1 aromatic rings. The first-order chi connectivity index (χ1) is 5.36. The maximum Gasteiger partial charge on any atom is 0.180 e. The fraction of sp³-hybridized carbons (Fsp3) is 0.222. The zero-order valence-corrected chi connectivity index (χ0v) is 7.23. The van der Waals surface area contributed by atoms with E-state index in [0.29, 0.717) is 0 Å².